The van der Waals surface area contributed by atoms with Crippen LogP contribution in [0.25, 0.3) is 0 Å². The van der Waals surface area contributed by atoms with E-state index in [2.05, 4.69) is 16.0 Å². The molecule has 0 aromatic carbocycles. The predicted octanol–water partition coefficient (Wildman–Crippen LogP) is 2.53. The van der Waals surface area contributed by atoms with E-state index >= 15 is 0 Å². The van der Waals surface area contributed by atoms with Crippen LogP contribution in [0, 0.1) is 0 Å². The number of hydrogen-bond donors (Lipinski definition) is 3. The Morgan fingerprint density at radius 1 is 1.09 bits per heavy atom. The van der Waals surface area contributed by atoms with Crippen LogP contribution in [0.15, 0.2) is 0 Å². The zero-order valence-corrected chi connectivity index (χ0v) is 14.2. The molecule has 3 N–H and O–H groups in total. The van der Waals surface area contributed by atoms with Crippen LogP contribution >= 0.6 is 7.82 Å². The van der Waals surface area contributed by atoms with Gasteiger partial charge in [-0.1, -0.05) is 51.9 Å². The fourth-order valence-electron chi connectivity index (χ4n) is 1.84. The topological polar surface area (TPSA) is 113 Å². The molecule has 132 valence electrons. The number of phosphoric acid groups is 1. The number of hydrogen-bond acceptors (Lipinski definition) is 6. The molecule has 0 radical (unpaired) electrons. The van der Waals surface area contributed by atoms with Gasteiger partial charge in [-0.2, -0.15) is 0 Å². The number of aliphatic hydroxyl groups excluding tert-OH is 2. The molecule has 1 unspecified atom stereocenters. The first-order valence-corrected chi connectivity index (χ1v) is 9.39. The Hall–Kier alpha value is -0.460. The van der Waals surface area contributed by atoms with E-state index < -0.39 is 33.1 Å². The Balaban J connectivity index is 3.65. The van der Waals surface area contributed by atoms with Crippen LogP contribution in [-0.4, -0.2) is 40.4 Å². The molecule has 0 aliphatic heterocycles. The zero-order chi connectivity index (χ0) is 16.8. The van der Waals surface area contributed by atoms with Crippen molar-refractivity contribution in [2.45, 2.75) is 70.8 Å². The summed E-state index contributed by atoms with van der Waals surface area (Å²) in [6.07, 6.45) is 7.33. The molecular weight excluding hydrogens is 311 g/mol. The van der Waals surface area contributed by atoms with Crippen LogP contribution in [0.3, 0.4) is 0 Å². The van der Waals surface area contributed by atoms with Gasteiger partial charge in [0.25, 0.3) is 0 Å². The number of carbonyl (C=O) groups is 1. The van der Waals surface area contributed by atoms with E-state index in [0.29, 0.717) is 6.42 Å². The van der Waals surface area contributed by atoms with Crippen LogP contribution in [0.4, 0.5) is 0 Å². The summed E-state index contributed by atoms with van der Waals surface area (Å²) < 4.78 is 20.1. The average molecular weight is 340 g/mol. The number of rotatable bonds is 14. The first-order valence-electron chi connectivity index (χ1n) is 7.90. The minimum atomic E-state index is -4.51. The van der Waals surface area contributed by atoms with Crippen molar-refractivity contribution in [1.82, 2.24) is 0 Å². The second-order valence-electron chi connectivity index (χ2n) is 5.29. The molecule has 0 saturated heterocycles. The summed E-state index contributed by atoms with van der Waals surface area (Å²) in [5.41, 5.74) is 0. The number of aliphatic hydroxyl groups is 2. The van der Waals surface area contributed by atoms with Crippen molar-refractivity contribution in [2.24, 2.45) is 0 Å². The van der Waals surface area contributed by atoms with Gasteiger partial charge < -0.3 is 14.7 Å². The van der Waals surface area contributed by atoms with Gasteiger partial charge >= 0.3 is 13.8 Å². The van der Waals surface area contributed by atoms with Gasteiger partial charge in [0, 0.05) is 6.42 Å². The van der Waals surface area contributed by atoms with Crippen LogP contribution < -0.4 is 0 Å². The van der Waals surface area contributed by atoms with E-state index in [9.17, 15) is 14.3 Å². The van der Waals surface area contributed by atoms with Crippen molar-refractivity contribution < 1.29 is 33.5 Å². The number of unbranched alkanes of at least 4 members (excludes halogenated alkanes) is 7. The molecule has 0 aromatic rings. The summed E-state index contributed by atoms with van der Waals surface area (Å²) in [5, 5.41) is 17.5. The Morgan fingerprint density at radius 3 is 2.18 bits per heavy atom. The van der Waals surface area contributed by atoms with E-state index in [-0.39, 0.29) is 6.42 Å². The van der Waals surface area contributed by atoms with Gasteiger partial charge in [0.2, 0.25) is 0 Å². The van der Waals surface area contributed by atoms with E-state index in [4.69, 9.17) is 10.2 Å². The molecule has 0 amide bonds. The Morgan fingerprint density at radius 2 is 1.64 bits per heavy atom. The average Bonchev–Trinajstić information content (AvgIpc) is 2.47. The molecule has 22 heavy (non-hydrogen) atoms. The van der Waals surface area contributed by atoms with Crippen LogP contribution in [0.2, 0.25) is 0 Å². The zero-order valence-electron chi connectivity index (χ0n) is 13.3. The summed E-state index contributed by atoms with van der Waals surface area (Å²) in [7, 11) is -4.51. The summed E-state index contributed by atoms with van der Waals surface area (Å²) in [6.45, 7) is 0.987. The second-order valence-corrected chi connectivity index (χ2v) is 6.67. The molecule has 0 rings (SSSR count). The molecule has 0 saturated carbocycles. The summed E-state index contributed by atoms with van der Waals surface area (Å²) >= 11 is 0. The molecule has 0 fully saturated rings. The lowest BCUT2D eigenvalue weighted by Crippen LogP contribution is -2.19. The molecule has 0 spiro atoms. The molecule has 7 nitrogen and oxygen atoms in total. The molecule has 2 atom stereocenters. The van der Waals surface area contributed by atoms with Crippen molar-refractivity contribution in [2.75, 3.05) is 13.2 Å². The van der Waals surface area contributed by atoms with Gasteiger partial charge in [-0.25, -0.2) is 4.57 Å². The van der Waals surface area contributed by atoms with Gasteiger partial charge in [-0.05, 0) is 6.42 Å². The van der Waals surface area contributed by atoms with Gasteiger partial charge in [0.15, 0.2) is 0 Å². The maximum atomic E-state index is 11.4. The van der Waals surface area contributed by atoms with Gasteiger partial charge in [-0.15, -0.1) is 0 Å². The molecule has 0 aliphatic rings. The fourth-order valence-corrected chi connectivity index (χ4v) is 2.60. The summed E-state index contributed by atoms with van der Waals surface area (Å²) in [5.74, 6) is -0.796. The van der Waals surface area contributed by atoms with Crippen molar-refractivity contribution in [3.63, 3.8) is 0 Å². The van der Waals surface area contributed by atoms with E-state index in [0.717, 1.165) is 19.3 Å². The Bertz CT molecular complexity index is 335. The highest BCUT2D eigenvalue weighted by Gasteiger charge is 2.26. The largest absolute Gasteiger partial charge is 0.529 e. The third kappa shape index (κ3) is 13.2. The highest BCUT2D eigenvalue weighted by molar-refractivity contribution is 7.48. The molecule has 0 aliphatic carbocycles. The number of carbonyl (C=O) groups excluding carboxylic acids is 1. The Kier molecular flexibility index (Phi) is 12.8. The van der Waals surface area contributed by atoms with Gasteiger partial charge in [0.1, 0.15) is 6.10 Å². The van der Waals surface area contributed by atoms with Crippen molar-refractivity contribution in [3.05, 3.63) is 0 Å². The van der Waals surface area contributed by atoms with Crippen LogP contribution in [0.1, 0.15) is 64.7 Å². The standard InChI is InChI=1S/C14H29O7P/c1-2-3-4-5-6-7-8-9-10-14(17)21-22(18,19)20-12-13(16)11-15/h13,15-16H,2-12H2,1H3,(H,18,19)/t13-/m1/s1. The lowest BCUT2D eigenvalue weighted by Gasteiger charge is -2.13. The fraction of sp³-hybridized carbons (Fsp3) is 0.929. The molecule has 0 bridgehead atoms. The smallest absolute Gasteiger partial charge is 0.394 e. The molecular formula is C14H29O7P. The first-order chi connectivity index (χ1) is 10.4. The SMILES string of the molecule is CCCCCCCCCCC(=O)OP(=O)(O)OC[C@H](O)CO. The first kappa shape index (κ1) is 21.5. The highest BCUT2D eigenvalue weighted by atomic mass is 31.2. The van der Waals surface area contributed by atoms with E-state index in [1.165, 1.54) is 25.7 Å². The third-order valence-corrected chi connectivity index (χ3v) is 4.00. The molecule has 8 heteroatoms. The maximum absolute atomic E-state index is 11.4. The molecule has 0 aromatic heterocycles. The van der Waals surface area contributed by atoms with Crippen molar-refractivity contribution in [1.29, 1.82) is 0 Å². The quantitative estimate of drug-likeness (QED) is 0.329. The highest BCUT2D eigenvalue weighted by Crippen LogP contribution is 2.43. The maximum Gasteiger partial charge on any atom is 0.529 e. The summed E-state index contributed by atoms with van der Waals surface area (Å²) in [6, 6.07) is 0. The monoisotopic (exact) mass is 340 g/mol. The lowest BCUT2D eigenvalue weighted by molar-refractivity contribution is -0.136. The van der Waals surface area contributed by atoms with Crippen LogP contribution in [0.5, 0.6) is 0 Å². The normalized spacial score (nSPS) is 15.3. The van der Waals surface area contributed by atoms with Crippen molar-refractivity contribution >= 4 is 13.8 Å². The second kappa shape index (κ2) is 13.0. The Labute approximate surface area is 132 Å². The van der Waals surface area contributed by atoms with Gasteiger partial charge in [0.05, 0.1) is 13.2 Å². The predicted molar refractivity (Wildman–Crippen MR) is 82.2 cm³/mol. The minimum absolute atomic E-state index is 0.0609. The molecule has 0 heterocycles. The van der Waals surface area contributed by atoms with Crippen molar-refractivity contribution in [3.8, 4) is 0 Å². The minimum Gasteiger partial charge on any atom is -0.394 e. The lowest BCUT2D eigenvalue weighted by atomic mass is 10.1. The van der Waals surface area contributed by atoms with E-state index in [1.54, 1.807) is 0 Å². The van der Waals surface area contributed by atoms with Gasteiger partial charge in [-0.3, -0.25) is 14.2 Å². The van der Waals surface area contributed by atoms with E-state index in [1.807, 2.05) is 0 Å². The van der Waals surface area contributed by atoms with Crippen LogP contribution in [-0.2, 0) is 18.4 Å². The third-order valence-electron chi connectivity index (χ3n) is 3.09. The summed E-state index contributed by atoms with van der Waals surface area (Å²) in [4.78, 5) is 20.7. The number of phosphoric ester groups is 1.